The maximum absolute atomic E-state index is 13.3. The summed E-state index contributed by atoms with van der Waals surface area (Å²) in [6, 6.07) is 11.6. The number of nitrogens with zero attached hydrogens (tertiary/aromatic N) is 3. The Balaban J connectivity index is 1.37. The van der Waals surface area contributed by atoms with Gasteiger partial charge in [0.25, 0.3) is 0 Å². The number of nitrogens with one attached hydrogen (secondary N) is 1. The van der Waals surface area contributed by atoms with E-state index in [1.807, 2.05) is 37.3 Å². The number of amides is 3. The van der Waals surface area contributed by atoms with Crippen molar-refractivity contribution >= 4 is 34.4 Å². The Morgan fingerprint density at radius 1 is 1.09 bits per heavy atom. The first kappa shape index (κ1) is 20.2. The second-order valence-corrected chi connectivity index (χ2v) is 8.54. The number of para-hydroxylation sites is 1. The number of rotatable bonds is 5. The number of nitrogens with two attached hydrogens (primary N) is 1. The number of Topliss-reactive ketones (excluding diaryl/α,β-unsaturated/α-hetero) is 1. The monoisotopic (exact) mass is 431 g/mol. The van der Waals surface area contributed by atoms with Gasteiger partial charge in [0.05, 0.1) is 23.7 Å². The number of fused-ring (bicyclic) bond motifs is 2. The highest BCUT2D eigenvalue weighted by Crippen LogP contribution is 2.48. The Labute approximate surface area is 185 Å². The van der Waals surface area contributed by atoms with Crippen LogP contribution in [-0.2, 0) is 17.6 Å². The van der Waals surface area contributed by atoms with Crippen LogP contribution in [0.15, 0.2) is 48.7 Å². The van der Waals surface area contributed by atoms with E-state index in [0.29, 0.717) is 23.5 Å². The summed E-state index contributed by atoms with van der Waals surface area (Å²) in [4.78, 5) is 44.4. The van der Waals surface area contributed by atoms with Crippen LogP contribution >= 0.6 is 0 Å². The van der Waals surface area contributed by atoms with Crippen molar-refractivity contribution < 1.29 is 14.4 Å². The van der Waals surface area contributed by atoms with E-state index in [0.717, 1.165) is 29.6 Å². The van der Waals surface area contributed by atoms with Gasteiger partial charge in [0, 0.05) is 29.0 Å². The van der Waals surface area contributed by atoms with Gasteiger partial charge >= 0.3 is 12.1 Å². The Kier molecular flexibility index (Phi) is 4.92. The molecule has 2 aromatic heterocycles. The van der Waals surface area contributed by atoms with Crippen molar-refractivity contribution in [2.24, 2.45) is 11.7 Å². The smallest absolute Gasteiger partial charge is 0.323 e. The molecule has 2 fully saturated rings. The Bertz CT molecular complexity index is 1230. The van der Waals surface area contributed by atoms with Crippen LogP contribution in [0.5, 0.6) is 0 Å². The van der Waals surface area contributed by atoms with Crippen molar-refractivity contribution in [2.45, 2.75) is 44.7 Å². The molecule has 1 aromatic carbocycles. The van der Waals surface area contributed by atoms with Gasteiger partial charge in [-0.1, -0.05) is 31.2 Å². The van der Waals surface area contributed by atoms with Crippen LogP contribution in [-0.4, -0.2) is 44.4 Å². The van der Waals surface area contributed by atoms with Crippen LogP contribution in [0.25, 0.3) is 10.9 Å². The fourth-order valence-corrected chi connectivity index (χ4v) is 4.80. The van der Waals surface area contributed by atoms with Crippen LogP contribution in [0, 0.1) is 5.92 Å². The lowest BCUT2D eigenvalue weighted by molar-refractivity contribution is -0.122. The minimum atomic E-state index is -0.625. The van der Waals surface area contributed by atoms with Crippen molar-refractivity contribution in [1.29, 1.82) is 0 Å². The molecule has 3 heterocycles. The van der Waals surface area contributed by atoms with Gasteiger partial charge in [-0.3, -0.25) is 14.3 Å². The number of carbonyl (C=O) groups is 3. The molecule has 1 saturated carbocycles. The number of hydrogen-bond donors (Lipinski definition) is 2. The molecule has 3 aromatic rings. The van der Waals surface area contributed by atoms with Gasteiger partial charge in [-0.25, -0.2) is 9.59 Å². The molecule has 1 saturated heterocycles. The molecule has 2 aliphatic rings. The maximum atomic E-state index is 13.3. The van der Waals surface area contributed by atoms with Crippen LogP contribution in [0.2, 0.25) is 0 Å². The number of pyridine rings is 1. The van der Waals surface area contributed by atoms with Gasteiger partial charge < -0.3 is 16.0 Å². The molecular weight excluding hydrogens is 406 g/mol. The molecule has 32 heavy (non-hydrogen) atoms. The molecule has 3 N–H and O–H groups in total. The van der Waals surface area contributed by atoms with Crippen LogP contribution in [0.3, 0.4) is 0 Å². The zero-order valence-electron chi connectivity index (χ0n) is 17.8. The number of benzene rings is 1. The highest BCUT2D eigenvalue weighted by molar-refractivity contribution is 6.05. The summed E-state index contributed by atoms with van der Waals surface area (Å²) < 4.78 is 1.31. The number of primary amides is 1. The summed E-state index contributed by atoms with van der Waals surface area (Å²) in [5, 5.41) is 3.63. The van der Waals surface area contributed by atoms with E-state index < -0.39 is 12.1 Å². The minimum absolute atomic E-state index is 0.00710. The third-order valence-electron chi connectivity index (χ3n) is 6.48. The fraction of sp³-hybridized carbons (Fsp3) is 0.333. The number of ketones is 1. The lowest BCUT2D eigenvalue weighted by atomic mass is 10.0. The van der Waals surface area contributed by atoms with Crippen LogP contribution < -0.4 is 11.1 Å². The third kappa shape index (κ3) is 3.51. The first-order valence-electron chi connectivity index (χ1n) is 10.9. The molecule has 2 unspecified atom stereocenters. The SMILES string of the molecule is CCc1cccc(CC(=O)[C@@H]2CC3CC3N2C(=O)Nc2cn(C(N)=O)c3ccccc23)n1. The maximum Gasteiger partial charge on any atom is 0.323 e. The van der Waals surface area contributed by atoms with Crippen molar-refractivity contribution in [3.63, 3.8) is 0 Å². The fourth-order valence-electron chi connectivity index (χ4n) is 4.80. The van der Waals surface area contributed by atoms with Gasteiger partial charge in [0.2, 0.25) is 0 Å². The molecule has 0 bridgehead atoms. The van der Waals surface area contributed by atoms with E-state index in [4.69, 9.17) is 5.73 Å². The minimum Gasteiger partial charge on any atom is -0.351 e. The summed E-state index contributed by atoms with van der Waals surface area (Å²) in [5.74, 6) is 0.379. The molecule has 3 atom stereocenters. The largest absolute Gasteiger partial charge is 0.351 e. The second-order valence-electron chi connectivity index (χ2n) is 8.54. The van der Waals surface area contributed by atoms with Crippen molar-refractivity contribution in [3.05, 3.63) is 60.0 Å². The number of aromatic nitrogens is 2. The Morgan fingerprint density at radius 2 is 1.88 bits per heavy atom. The summed E-state index contributed by atoms with van der Waals surface area (Å²) in [7, 11) is 0. The molecule has 8 nitrogen and oxygen atoms in total. The number of urea groups is 1. The van der Waals surface area contributed by atoms with Gasteiger partial charge in [-0.05, 0) is 43.4 Å². The second kappa shape index (κ2) is 7.78. The number of anilines is 1. The van der Waals surface area contributed by atoms with E-state index in [-0.39, 0.29) is 24.3 Å². The van der Waals surface area contributed by atoms with Crippen LogP contribution in [0.1, 0.15) is 31.2 Å². The zero-order valence-corrected chi connectivity index (χ0v) is 17.8. The Hall–Kier alpha value is -3.68. The zero-order chi connectivity index (χ0) is 22.4. The predicted octanol–water partition coefficient (Wildman–Crippen LogP) is 3.33. The van der Waals surface area contributed by atoms with Crippen molar-refractivity contribution in [2.75, 3.05) is 5.32 Å². The van der Waals surface area contributed by atoms with Gasteiger partial charge in [0.1, 0.15) is 0 Å². The lowest BCUT2D eigenvalue weighted by Gasteiger charge is -2.26. The van der Waals surface area contributed by atoms with E-state index >= 15 is 0 Å². The molecule has 5 rings (SSSR count). The Morgan fingerprint density at radius 3 is 2.66 bits per heavy atom. The van der Waals surface area contributed by atoms with E-state index in [1.165, 1.54) is 10.8 Å². The third-order valence-corrected chi connectivity index (χ3v) is 6.48. The van der Waals surface area contributed by atoms with Gasteiger partial charge in [-0.2, -0.15) is 0 Å². The first-order valence-corrected chi connectivity index (χ1v) is 10.9. The summed E-state index contributed by atoms with van der Waals surface area (Å²) >= 11 is 0. The first-order chi connectivity index (χ1) is 15.5. The molecule has 8 heteroatoms. The number of likely N-dealkylation sites (tertiary alicyclic amines) is 1. The quantitative estimate of drug-likeness (QED) is 0.645. The predicted molar refractivity (Wildman–Crippen MR) is 120 cm³/mol. The highest BCUT2D eigenvalue weighted by atomic mass is 16.2. The topological polar surface area (TPSA) is 110 Å². The average molecular weight is 431 g/mol. The average Bonchev–Trinajstić information content (AvgIpc) is 3.29. The lowest BCUT2D eigenvalue weighted by Crippen LogP contribution is -2.45. The van der Waals surface area contributed by atoms with Gasteiger partial charge in [-0.15, -0.1) is 0 Å². The standard InChI is InChI=1S/C24H25N5O3/c1-2-15-6-5-7-16(26-15)12-22(30)21-11-14-10-20(14)29(21)24(32)27-18-13-28(23(25)31)19-9-4-3-8-17(18)19/h3-9,13-14,20-21H,2,10-12H2,1H3,(H2,25,31)(H,27,32)/t14?,20?,21-/m0/s1. The van der Waals surface area contributed by atoms with Gasteiger partial charge in [0.15, 0.2) is 5.78 Å². The van der Waals surface area contributed by atoms with Crippen LogP contribution in [0.4, 0.5) is 15.3 Å². The number of carbonyl (C=O) groups excluding carboxylic acids is 3. The summed E-state index contributed by atoms with van der Waals surface area (Å²) in [6.07, 6.45) is 4.16. The molecular formula is C24H25N5O3. The number of aryl methyl sites for hydroxylation is 1. The molecule has 3 amide bonds. The summed E-state index contributed by atoms with van der Waals surface area (Å²) in [5.41, 5.74) is 8.28. The summed E-state index contributed by atoms with van der Waals surface area (Å²) in [6.45, 7) is 2.03. The molecule has 1 aliphatic carbocycles. The molecule has 1 aliphatic heterocycles. The molecule has 0 spiro atoms. The number of hydrogen-bond acceptors (Lipinski definition) is 4. The van der Waals surface area contributed by atoms with E-state index in [9.17, 15) is 14.4 Å². The number of piperidine rings is 1. The van der Waals surface area contributed by atoms with Crippen molar-refractivity contribution in [1.82, 2.24) is 14.5 Å². The molecule has 164 valence electrons. The van der Waals surface area contributed by atoms with E-state index in [2.05, 4.69) is 10.3 Å². The van der Waals surface area contributed by atoms with E-state index in [1.54, 1.807) is 17.0 Å². The normalized spacial score (nSPS) is 21.4. The van der Waals surface area contributed by atoms with Crippen molar-refractivity contribution in [3.8, 4) is 0 Å². The highest BCUT2D eigenvalue weighted by Gasteiger charge is 2.55. The molecule has 0 radical (unpaired) electrons.